The van der Waals surface area contributed by atoms with Crippen LogP contribution in [0.1, 0.15) is 18.5 Å². The molecule has 0 aliphatic rings. The lowest BCUT2D eigenvalue weighted by molar-refractivity contribution is -0.143. The molecule has 1 aromatic carbocycles. The van der Waals surface area contributed by atoms with E-state index in [1.807, 2.05) is 36.4 Å². The molecule has 1 heterocycles. The van der Waals surface area contributed by atoms with Crippen molar-refractivity contribution < 1.29 is 9.53 Å². The van der Waals surface area contributed by atoms with Crippen LogP contribution in [-0.4, -0.2) is 17.6 Å². The summed E-state index contributed by atoms with van der Waals surface area (Å²) in [5.74, 6) is -1.52. The molecule has 2 rings (SSSR count). The number of rotatable bonds is 3. The number of hydrogen-bond acceptors (Lipinski definition) is 4. The zero-order chi connectivity index (χ0) is 13.0. The predicted molar refractivity (Wildman–Crippen MR) is 66.7 cm³/mol. The topological polar surface area (TPSA) is 63.0 Å². The highest BCUT2D eigenvalue weighted by Gasteiger charge is 2.22. The van der Waals surface area contributed by atoms with Gasteiger partial charge in [-0.15, -0.1) is 0 Å². The molecule has 0 saturated heterocycles. The van der Waals surface area contributed by atoms with Crippen LogP contribution in [0.5, 0.6) is 0 Å². The van der Waals surface area contributed by atoms with Gasteiger partial charge < -0.3 is 4.74 Å². The SMILES string of the molecule is CCOC(=O)C(C#N)c1ccc2ccccc2n1. The summed E-state index contributed by atoms with van der Waals surface area (Å²) in [5, 5.41) is 10.0. The van der Waals surface area contributed by atoms with Crippen molar-refractivity contribution in [2.24, 2.45) is 0 Å². The van der Waals surface area contributed by atoms with Gasteiger partial charge in [0.1, 0.15) is 0 Å². The fraction of sp³-hybridized carbons (Fsp3) is 0.214. The number of nitriles is 1. The first kappa shape index (κ1) is 12.1. The molecule has 0 saturated carbocycles. The number of fused-ring (bicyclic) bond motifs is 1. The van der Waals surface area contributed by atoms with Gasteiger partial charge in [0.2, 0.25) is 0 Å². The molecule has 1 atom stereocenters. The van der Waals surface area contributed by atoms with Crippen LogP contribution in [0.15, 0.2) is 36.4 Å². The van der Waals surface area contributed by atoms with Crippen molar-refractivity contribution in [1.82, 2.24) is 4.98 Å². The summed E-state index contributed by atoms with van der Waals surface area (Å²) in [6.07, 6.45) is 0. The second kappa shape index (κ2) is 5.28. The zero-order valence-electron chi connectivity index (χ0n) is 9.96. The van der Waals surface area contributed by atoms with Gasteiger partial charge in [-0.05, 0) is 19.1 Å². The van der Waals surface area contributed by atoms with Crippen molar-refractivity contribution in [3.05, 3.63) is 42.1 Å². The molecule has 90 valence electrons. The quantitative estimate of drug-likeness (QED) is 0.773. The molecule has 4 heteroatoms. The molecule has 0 spiro atoms. The molecular formula is C14H12N2O2. The van der Waals surface area contributed by atoms with E-state index < -0.39 is 11.9 Å². The number of carbonyl (C=O) groups is 1. The Bertz CT molecular complexity index is 616. The second-order valence-corrected chi connectivity index (χ2v) is 3.74. The number of hydrogen-bond donors (Lipinski definition) is 0. The average Bonchev–Trinajstić information content (AvgIpc) is 2.40. The zero-order valence-corrected chi connectivity index (χ0v) is 9.96. The summed E-state index contributed by atoms with van der Waals surface area (Å²) in [6, 6.07) is 13.0. The van der Waals surface area contributed by atoms with Gasteiger partial charge in [0.15, 0.2) is 5.92 Å². The largest absolute Gasteiger partial charge is 0.465 e. The normalized spacial score (nSPS) is 11.8. The highest BCUT2D eigenvalue weighted by molar-refractivity contribution is 5.83. The van der Waals surface area contributed by atoms with E-state index in [-0.39, 0.29) is 6.61 Å². The molecule has 0 radical (unpaired) electrons. The standard InChI is InChI=1S/C14H12N2O2/c1-2-18-14(17)11(9-15)13-8-7-10-5-3-4-6-12(10)16-13/h3-8,11H,2H2,1H3. The number of esters is 1. The van der Waals surface area contributed by atoms with Crippen molar-refractivity contribution in [3.8, 4) is 6.07 Å². The van der Waals surface area contributed by atoms with Crippen molar-refractivity contribution in [3.63, 3.8) is 0 Å². The van der Waals surface area contributed by atoms with Crippen LogP contribution >= 0.6 is 0 Å². The Morgan fingerprint density at radius 2 is 2.17 bits per heavy atom. The first-order valence-corrected chi connectivity index (χ1v) is 5.68. The van der Waals surface area contributed by atoms with E-state index in [9.17, 15) is 4.79 Å². The first-order valence-electron chi connectivity index (χ1n) is 5.68. The van der Waals surface area contributed by atoms with Crippen molar-refractivity contribution in [1.29, 1.82) is 5.26 Å². The maximum Gasteiger partial charge on any atom is 0.329 e. The van der Waals surface area contributed by atoms with Gasteiger partial charge in [0, 0.05) is 5.39 Å². The Labute approximate surface area is 105 Å². The molecule has 2 aromatic rings. The van der Waals surface area contributed by atoms with Crippen molar-refractivity contribution >= 4 is 16.9 Å². The van der Waals surface area contributed by atoms with E-state index in [0.29, 0.717) is 5.69 Å². The van der Waals surface area contributed by atoms with Crippen LogP contribution in [-0.2, 0) is 9.53 Å². The summed E-state index contributed by atoms with van der Waals surface area (Å²) in [6.45, 7) is 1.96. The maximum absolute atomic E-state index is 11.6. The highest BCUT2D eigenvalue weighted by Crippen LogP contribution is 2.19. The molecular weight excluding hydrogens is 228 g/mol. The van der Waals surface area contributed by atoms with Gasteiger partial charge in [-0.2, -0.15) is 5.26 Å². The van der Waals surface area contributed by atoms with Crippen LogP contribution < -0.4 is 0 Å². The summed E-state index contributed by atoms with van der Waals surface area (Å²) in [5.41, 5.74) is 1.19. The third-order valence-corrected chi connectivity index (χ3v) is 2.57. The van der Waals surface area contributed by atoms with E-state index in [1.54, 1.807) is 13.0 Å². The lowest BCUT2D eigenvalue weighted by atomic mass is 10.1. The van der Waals surface area contributed by atoms with Gasteiger partial charge in [-0.1, -0.05) is 24.3 Å². The van der Waals surface area contributed by atoms with Crippen LogP contribution in [0.4, 0.5) is 0 Å². The van der Waals surface area contributed by atoms with E-state index in [2.05, 4.69) is 4.98 Å². The summed E-state index contributed by atoms with van der Waals surface area (Å²) in [4.78, 5) is 16.0. The number of aromatic nitrogens is 1. The number of nitrogens with zero attached hydrogens (tertiary/aromatic N) is 2. The monoisotopic (exact) mass is 240 g/mol. The molecule has 0 aliphatic carbocycles. The van der Waals surface area contributed by atoms with Gasteiger partial charge in [-0.3, -0.25) is 9.78 Å². The van der Waals surface area contributed by atoms with Gasteiger partial charge >= 0.3 is 5.97 Å². The number of para-hydroxylation sites is 1. The smallest absolute Gasteiger partial charge is 0.329 e. The van der Waals surface area contributed by atoms with Crippen LogP contribution in [0, 0.1) is 11.3 Å². The number of ether oxygens (including phenoxy) is 1. The van der Waals surface area contributed by atoms with Gasteiger partial charge in [0.05, 0.1) is 23.9 Å². The minimum absolute atomic E-state index is 0.255. The lowest BCUT2D eigenvalue weighted by Crippen LogP contribution is -2.15. The van der Waals surface area contributed by atoms with Gasteiger partial charge in [0.25, 0.3) is 0 Å². The fourth-order valence-corrected chi connectivity index (χ4v) is 1.71. The van der Waals surface area contributed by atoms with E-state index in [4.69, 9.17) is 10.00 Å². The number of carbonyl (C=O) groups excluding carboxylic acids is 1. The lowest BCUT2D eigenvalue weighted by Gasteiger charge is -2.08. The van der Waals surface area contributed by atoms with Crippen LogP contribution in [0.3, 0.4) is 0 Å². The Hall–Kier alpha value is -2.41. The molecule has 0 bridgehead atoms. The van der Waals surface area contributed by atoms with Crippen molar-refractivity contribution in [2.45, 2.75) is 12.8 Å². The second-order valence-electron chi connectivity index (χ2n) is 3.74. The van der Waals surface area contributed by atoms with Crippen LogP contribution in [0.25, 0.3) is 10.9 Å². The fourth-order valence-electron chi connectivity index (χ4n) is 1.71. The van der Waals surface area contributed by atoms with Crippen LogP contribution in [0.2, 0.25) is 0 Å². The Morgan fingerprint density at radius 1 is 1.39 bits per heavy atom. The molecule has 18 heavy (non-hydrogen) atoms. The summed E-state index contributed by atoms with van der Waals surface area (Å²) in [7, 11) is 0. The average molecular weight is 240 g/mol. The number of benzene rings is 1. The third-order valence-electron chi connectivity index (χ3n) is 2.57. The van der Waals surface area contributed by atoms with E-state index in [0.717, 1.165) is 10.9 Å². The molecule has 1 aromatic heterocycles. The third kappa shape index (κ3) is 2.30. The molecule has 0 fully saturated rings. The van der Waals surface area contributed by atoms with Gasteiger partial charge in [-0.25, -0.2) is 0 Å². The Morgan fingerprint density at radius 3 is 2.89 bits per heavy atom. The molecule has 0 amide bonds. The predicted octanol–water partition coefficient (Wildman–Crippen LogP) is 2.41. The maximum atomic E-state index is 11.6. The minimum atomic E-state index is -0.963. The van der Waals surface area contributed by atoms with E-state index in [1.165, 1.54) is 0 Å². The molecule has 0 N–H and O–H groups in total. The molecule has 1 unspecified atom stereocenters. The first-order chi connectivity index (χ1) is 8.76. The Balaban J connectivity index is 2.40. The molecule has 0 aliphatic heterocycles. The summed E-state index contributed by atoms with van der Waals surface area (Å²) < 4.78 is 4.86. The molecule has 4 nitrogen and oxygen atoms in total. The Kier molecular flexibility index (Phi) is 3.54. The minimum Gasteiger partial charge on any atom is -0.465 e. The summed E-state index contributed by atoms with van der Waals surface area (Å²) >= 11 is 0. The highest BCUT2D eigenvalue weighted by atomic mass is 16.5. The van der Waals surface area contributed by atoms with Crippen molar-refractivity contribution in [2.75, 3.05) is 6.61 Å². The number of pyridine rings is 1. The van der Waals surface area contributed by atoms with E-state index >= 15 is 0 Å².